The Morgan fingerprint density at radius 3 is 1.62 bits per heavy atom. The zero-order valence-electron chi connectivity index (χ0n) is 22.0. The third kappa shape index (κ3) is 3.27. The van der Waals surface area contributed by atoms with Gasteiger partial charge in [-0.05, 0) is 84.3 Å². The summed E-state index contributed by atoms with van der Waals surface area (Å²) in [7, 11) is 0. The molecule has 0 spiro atoms. The van der Waals surface area contributed by atoms with Gasteiger partial charge in [0.15, 0.2) is 0 Å². The van der Waals surface area contributed by atoms with Gasteiger partial charge in [-0.3, -0.25) is 4.98 Å². The van der Waals surface area contributed by atoms with Gasteiger partial charge < -0.3 is 0 Å². The molecule has 1 heteroatoms. The Morgan fingerprint density at radius 2 is 1.05 bits per heavy atom. The predicted octanol–water partition coefficient (Wildman–Crippen LogP) is 9.83. The SMILES string of the molecule is CC1(C)CC(C)(C)c2c1cnc1cc3c(-c4ccccc4)c4ccccc4c(-c4ccccc4)c3cc21. The van der Waals surface area contributed by atoms with Crippen molar-refractivity contribution in [2.75, 3.05) is 0 Å². The number of nitrogens with zero attached hydrogens (tertiary/aromatic N) is 1. The van der Waals surface area contributed by atoms with Crippen LogP contribution in [0.5, 0.6) is 0 Å². The van der Waals surface area contributed by atoms with Crippen LogP contribution in [0.1, 0.15) is 45.2 Å². The fourth-order valence-electron chi connectivity index (χ4n) is 7.22. The van der Waals surface area contributed by atoms with Crippen LogP contribution in [-0.2, 0) is 10.8 Å². The Kier molecular flexibility index (Phi) is 4.67. The first-order valence-corrected chi connectivity index (χ1v) is 13.3. The second-order valence-corrected chi connectivity index (χ2v) is 11.9. The lowest BCUT2D eigenvalue weighted by Gasteiger charge is -2.23. The Bertz CT molecular complexity index is 1830. The summed E-state index contributed by atoms with van der Waals surface area (Å²) >= 11 is 0. The quantitative estimate of drug-likeness (QED) is 0.226. The smallest absolute Gasteiger partial charge is 0.0711 e. The molecule has 37 heavy (non-hydrogen) atoms. The maximum absolute atomic E-state index is 5.08. The van der Waals surface area contributed by atoms with Crippen LogP contribution in [0.2, 0.25) is 0 Å². The van der Waals surface area contributed by atoms with Crippen molar-refractivity contribution in [2.45, 2.75) is 44.9 Å². The van der Waals surface area contributed by atoms with Gasteiger partial charge in [-0.2, -0.15) is 0 Å². The van der Waals surface area contributed by atoms with Crippen molar-refractivity contribution in [3.8, 4) is 22.3 Å². The monoisotopic (exact) mass is 477 g/mol. The van der Waals surface area contributed by atoms with E-state index >= 15 is 0 Å². The maximum atomic E-state index is 5.08. The molecule has 1 aliphatic carbocycles. The Morgan fingerprint density at radius 1 is 0.541 bits per heavy atom. The van der Waals surface area contributed by atoms with Crippen LogP contribution in [0.4, 0.5) is 0 Å². The van der Waals surface area contributed by atoms with E-state index < -0.39 is 0 Å². The number of fused-ring (bicyclic) bond motifs is 5. The van der Waals surface area contributed by atoms with Gasteiger partial charge in [-0.25, -0.2) is 0 Å². The molecule has 1 heterocycles. The van der Waals surface area contributed by atoms with E-state index in [9.17, 15) is 0 Å². The molecule has 0 aliphatic heterocycles. The van der Waals surface area contributed by atoms with Crippen LogP contribution in [0, 0.1) is 0 Å². The second-order valence-electron chi connectivity index (χ2n) is 11.9. The molecule has 0 fully saturated rings. The van der Waals surface area contributed by atoms with Crippen LogP contribution in [-0.4, -0.2) is 4.98 Å². The molecule has 0 saturated heterocycles. The van der Waals surface area contributed by atoms with Gasteiger partial charge >= 0.3 is 0 Å². The van der Waals surface area contributed by atoms with Crippen molar-refractivity contribution in [3.05, 3.63) is 114 Å². The fourth-order valence-corrected chi connectivity index (χ4v) is 7.22. The molecule has 0 saturated carbocycles. The summed E-state index contributed by atoms with van der Waals surface area (Å²) in [6.45, 7) is 9.54. The van der Waals surface area contributed by atoms with Crippen LogP contribution >= 0.6 is 0 Å². The summed E-state index contributed by atoms with van der Waals surface area (Å²) in [6, 6.07) is 35.4. The molecule has 5 aromatic carbocycles. The van der Waals surface area contributed by atoms with Crippen molar-refractivity contribution in [1.29, 1.82) is 0 Å². The molecule has 0 bridgehead atoms. The van der Waals surface area contributed by atoms with Crippen molar-refractivity contribution in [2.24, 2.45) is 0 Å². The standard InChI is InChI=1S/C36H31N/c1-35(2)22-36(3,4)34-29-19-27-28(20-31(29)37-21-30(34)35)33(24-15-9-6-10-16-24)26-18-12-11-17-25(26)32(27)23-13-7-5-8-14-23/h5-21H,22H2,1-4H3. The van der Waals surface area contributed by atoms with Crippen LogP contribution in [0.25, 0.3) is 54.7 Å². The summed E-state index contributed by atoms with van der Waals surface area (Å²) < 4.78 is 0. The van der Waals surface area contributed by atoms with E-state index in [2.05, 4.69) is 131 Å². The van der Waals surface area contributed by atoms with Gasteiger partial charge in [0.25, 0.3) is 0 Å². The average Bonchev–Trinajstić information content (AvgIpc) is 3.10. The summed E-state index contributed by atoms with van der Waals surface area (Å²) in [5.74, 6) is 0. The van der Waals surface area contributed by atoms with E-state index in [0.717, 1.165) is 11.9 Å². The number of hydrogen-bond donors (Lipinski definition) is 0. The minimum Gasteiger partial charge on any atom is -0.256 e. The fraction of sp³-hybridized carbons (Fsp3) is 0.194. The minimum atomic E-state index is 0.0969. The van der Waals surface area contributed by atoms with E-state index in [-0.39, 0.29) is 10.8 Å². The summed E-state index contributed by atoms with van der Waals surface area (Å²) in [5.41, 5.74) is 9.26. The average molecular weight is 478 g/mol. The molecule has 0 radical (unpaired) electrons. The molecule has 180 valence electrons. The molecule has 6 aromatic rings. The van der Waals surface area contributed by atoms with Gasteiger partial charge in [0.1, 0.15) is 0 Å². The largest absolute Gasteiger partial charge is 0.256 e. The van der Waals surface area contributed by atoms with Gasteiger partial charge in [0.2, 0.25) is 0 Å². The van der Waals surface area contributed by atoms with Crippen molar-refractivity contribution >= 4 is 32.4 Å². The first-order valence-electron chi connectivity index (χ1n) is 13.3. The summed E-state index contributed by atoms with van der Waals surface area (Å²) in [6.07, 6.45) is 3.28. The molecule has 0 unspecified atom stereocenters. The van der Waals surface area contributed by atoms with E-state index in [1.165, 1.54) is 60.3 Å². The molecule has 1 aromatic heterocycles. The van der Waals surface area contributed by atoms with Gasteiger partial charge in [0, 0.05) is 11.6 Å². The van der Waals surface area contributed by atoms with Gasteiger partial charge in [-0.15, -0.1) is 0 Å². The first kappa shape index (κ1) is 22.2. The van der Waals surface area contributed by atoms with Crippen molar-refractivity contribution in [3.63, 3.8) is 0 Å². The van der Waals surface area contributed by atoms with Crippen LogP contribution < -0.4 is 0 Å². The van der Waals surface area contributed by atoms with Crippen molar-refractivity contribution < 1.29 is 0 Å². The molecular formula is C36H31N. The molecule has 0 N–H and O–H groups in total. The highest BCUT2D eigenvalue weighted by Gasteiger charge is 2.43. The lowest BCUT2D eigenvalue weighted by molar-refractivity contribution is 0.404. The number of aromatic nitrogens is 1. The van der Waals surface area contributed by atoms with E-state index in [4.69, 9.17) is 4.98 Å². The first-order chi connectivity index (χ1) is 17.9. The maximum Gasteiger partial charge on any atom is 0.0711 e. The topological polar surface area (TPSA) is 12.9 Å². The Hall–Kier alpha value is -3.97. The van der Waals surface area contributed by atoms with Crippen LogP contribution in [0.15, 0.2) is 103 Å². The lowest BCUT2D eigenvalue weighted by atomic mass is 9.80. The van der Waals surface area contributed by atoms with Crippen LogP contribution in [0.3, 0.4) is 0 Å². The third-order valence-corrected chi connectivity index (χ3v) is 8.43. The van der Waals surface area contributed by atoms with Gasteiger partial charge in [0.05, 0.1) is 5.52 Å². The zero-order valence-corrected chi connectivity index (χ0v) is 22.0. The normalized spacial score (nSPS) is 15.9. The third-order valence-electron chi connectivity index (χ3n) is 8.43. The predicted molar refractivity (Wildman–Crippen MR) is 158 cm³/mol. The molecular weight excluding hydrogens is 446 g/mol. The van der Waals surface area contributed by atoms with E-state index in [1.807, 2.05) is 0 Å². The highest BCUT2D eigenvalue weighted by atomic mass is 14.7. The second kappa shape index (κ2) is 7.76. The molecule has 7 rings (SSSR count). The molecule has 0 amide bonds. The summed E-state index contributed by atoms with van der Waals surface area (Å²) in [5, 5.41) is 6.43. The highest BCUT2D eigenvalue weighted by Crippen LogP contribution is 2.52. The Balaban J connectivity index is 1.73. The lowest BCUT2D eigenvalue weighted by Crippen LogP contribution is -2.18. The number of pyridine rings is 1. The van der Waals surface area contributed by atoms with E-state index in [1.54, 1.807) is 0 Å². The molecule has 0 atom stereocenters. The number of hydrogen-bond acceptors (Lipinski definition) is 1. The van der Waals surface area contributed by atoms with E-state index in [0.29, 0.717) is 0 Å². The molecule has 1 nitrogen and oxygen atoms in total. The minimum absolute atomic E-state index is 0.0969. The Labute approximate surface area is 218 Å². The highest BCUT2D eigenvalue weighted by molar-refractivity contribution is 6.23. The van der Waals surface area contributed by atoms with Crippen molar-refractivity contribution in [1.82, 2.24) is 4.98 Å². The zero-order chi connectivity index (χ0) is 25.4. The van der Waals surface area contributed by atoms with Gasteiger partial charge in [-0.1, -0.05) is 113 Å². The number of benzene rings is 5. The summed E-state index contributed by atoms with van der Waals surface area (Å²) in [4.78, 5) is 5.08. The number of rotatable bonds is 2. The molecule has 1 aliphatic rings.